The molecule has 0 saturated carbocycles. The Labute approximate surface area is 123 Å². The molecule has 1 saturated heterocycles. The molecule has 3 nitrogen and oxygen atoms in total. The minimum Gasteiger partial charge on any atom is -0.378 e. The van der Waals surface area contributed by atoms with Crippen molar-refractivity contribution in [2.24, 2.45) is 0 Å². The van der Waals surface area contributed by atoms with Crippen molar-refractivity contribution in [2.75, 3.05) is 13.2 Å². The molecule has 112 valence electrons. The Morgan fingerprint density at radius 1 is 1.40 bits per heavy atom. The maximum absolute atomic E-state index is 5.71. The molecule has 1 aliphatic heterocycles. The number of ether oxygens (including phenoxy) is 1. The standard InChI is InChI=1S/C17H28N2O/c1-2-10-19-16(14-15-8-11-18-12-9-15)5-3-6-17-7-4-13-20-17/h8-9,11-12,16-17,19H,2-7,10,13-14H2,1H3. The van der Waals surface area contributed by atoms with E-state index in [-0.39, 0.29) is 0 Å². The first-order valence-corrected chi connectivity index (χ1v) is 8.12. The van der Waals surface area contributed by atoms with Gasteiger partial charge in [0, 0.05) is 25.0 Å². The topological polar surface area (TPSA) is 34.1 Å². The van der Waals surface area contributed by atoms with E-state index in [1.54, 1.807) is 0 Å². The zero-order valence-electron chi connectivity index (χ0n) is 12.7. The summed E-state index contributed by atoms with van der Waals surface area (Å²) in [5, 5.41) is 3.68. The first-order chi connectivity index (χ1) is 9.88. The van der Waals surface area contributed by atoms with Crippen LogP contribution in [0.5, 0.6) is 0 Å². The van der Waals surface area contributed by atoms with Crippen LogP contribution in [0, 0.1) is 0 Å². The molecule has 1 aliphatic rings. The van der Waals surface area contributed by atoms with Gasteiger partial charge in [0.25, 0.3) is 0 Å². The summed E-state index contributed by atoms with van der Waals surface area (Å²) in [4.78, 5) is 4.09. The molecule has 2 atom stereocenters. The molecule has 0 bridgehead atoms. The summed E-state index contributed by atoms with van der Waals surface area (Å²) >= 11 is 0. The summed E-state index contributed by atoms with van der Waals surface area (Å²) in [6.07, 6.45) is 12.8. The van der Waals surface area contributed by atoms with E-state index in [2.05, 4.69) is 29.4 Å². The summed E-state index contributed by atoms with van der Waals surface area (Å²) in [5.41, 5.74) is 1.38. The predicted molar refractivity (Wildman–Crippen MR) is 82.8 cm³/mol. The zero-order chi connectivity index (χ0) is 14.0. The van der Waals surface area contributed by atoms with Crippen LogP contribution in [0.2, 0.25) is 0 Å². The van der Waals surface area contributed by atoms with Gasteiger partial charge in [-0.05, 0) is 69.2 Å². The molecule has 0 amide bonds. The number of aromatic nitrogens is 1. The molecule has 1 aromatic rings. The Bertz CT molecular complexity index is 349. The second kappa shape index (κ2) is 9.09. The third-order valence-electron chi connectivity index (χ3n) is 4.02. The monoisotopic (exact) mass is 276 g/mol. The van der Waals surface area contributed by atoms with Gasteiger partial charge in [-0.2, -0.15) is 0 Å². The normalized spacial score (nSPS) is 20.1. The van der Waals surface area contributed by atoms with Gasteiger partial charge in [0.05, 0.1) is 6.10 Å². The van der Waals surface area contributed by atoms with Crippen LogP contribution in [0.15, 0.2) is 24.5 Å². The van der Waals surface area contributed by atoms with Gasteiger partial charge in [-0.1, -0.05) is 6.92 Å². The van der Waals surface area contributed by atoms with Crippen LogP contribution in [0.4, 0.5) is 0 Å². The molecular weight excluding hydrogens is 248 g/mol. The first kappa shape index (κ1) is 15.5. The van der Waals surface area contributed by atoms with Crippen molar-refractivity contribution < 1.29 is 4.74 Å². The molecule has 0 radical (unpaired) electrons. The smallest absolute Gasteiger partial charge is 0.0576 e. The highest BCUT2D eigenvalue weighted by Gasteiger charge is 2.16. The molecule has 1 aromatic heterocycles. The van der Waals surface area contributed by atoms with E-state index < -0.39 is 0 Å². The Morgan fingerprint density at radius 3 is 2.95 bits per heavy atom. The van der Waals surface area contributed by atoms with Crippen molar-refractivity contribution in [1.29, 1.82) is 0 Å². The highest BCUT2D eigenvalue weighted by atomic mass is 16.5. The number of rotatable bonds is 9. The maximum atomic E-state index is 5.71. The Hall–Kier alpha value is -0.930. The summed E-state index contributed by atoms with van der Waals surface area (Å²) in [6.45, 7) is 4.30. The molecule has 2 rings (SSSR count). The molecule has 2 unspecified atom stereocenters. The number of nitrogens with one attached hydrogen (secondary N) is 1. The fourth-order valence-electron chi connectivity index (χ4n) is 2.89. The highest BCUT2D eigenvalue weighted by molar-refractivity contribution is 5.11. The van der Waals surface area contributed by atoms with Crippen molar-refractivity contribution in [3.63, 3.8) is 0 Å². The van der Waals surface area contributed by atoms with Gasteiger partial charge in [0.15, 0.2) is 0 Å². The fraction of sp³-hybridized carbons (Fsp3) is 0.706. The number of hydrogen-bond acceptors (Lipinski definition) is 3. The lowest BCUT2D eigenvalue weighted by molar-refractivity contribution is 0.101. The van der Waals surface area contributed by atoms with Gasteiger partial charge in [0.2, 0.25) is 0 Å². The molecule has 1 N–H and O–H groups in total. The van der Waals surface area contributed by atoms with Crippen LogP contribution in [0.25, 0.3) is 0 Å². The van der Waals surface area contributed by atoms with E-state index in [1.165, 1.54) is 44.1 Å². The maximum Gasteiger partial charge on any atom is 0.0576 e. The van der Waals surface area contributed by atoms with E-state index in [0.717, 1.165) is 19.6 Å². The minimum absolute atomic E-state index is 0.530. The number of nitrogens with zero attached hydrogens (tertiary/aromatic N) is 1. The lowest BCUT2D eigenvalue weighted by Crippen LogP contribution is -2.32. The Balaban J connectivity index is 1.74. The van der Waals surface area contributed by atoms with Crippen molar-refractivity contribution in [3.8, 4) is 0 Å². The molecule has 20 heavy (non-hydrogen) atoms. The summed E-state index contributed by atoms with van der Waals surface area (Å²) < 4.78 is 5.71. The van der Waals surface area contributed by atoms with E-state index in [4.69, 9.17) is 4.74 Å². The second-order valence-electron chi connectivity index (χ2n) is 5.78. The van der Waals surface area contributed by atoms with Crippen LogP contribution < -0.4 is 5.32 Å². The Kier molecular flexibility index (Phi) is 7.02. The molecule has 0 spiro atoms. The summed E-state index contributed by atoms with van der Waals surface area (Å²) in [5.74, 6) is 0. The third kappa shape index (κ3) is 5.59. The van der Waals surface area contributed by atoms with Crippen molar-refractivity contribution in [1.82, 2.24) is 10.3 Å². The third-order valence-corrected chi connectivity index (χ3v) is 4.02. The summed E-state index contributed by atoms with van der Waals surface area (Å²) in [6, 6.07) is 4.83. The van der Waals surface area contributed by atoms with Crippen LogP contribution >= 0.6 is 0 Å². The van der Waals surface area contributed by atoms with Gasteiger partial charge < -0.3 is 10.1 Å². The zero-order valence-corrected chi connectivity index (χ0v) is 12.7. The number of hydrogen-bond donors (Lipinski definition) is 1. The largest absolute Gasteiger partial charge is 0.378 e. The van der Waals surface area contributed by atoms with Gasteiger partial charge in [-0.15, -0.1) is 0 Å². The number of pyridine rings is 1. The van der Waals surface area contributed by atoms with Crippen LogP contribution in [-0.2, 0) is 11.2 Å². The van der Waals surface area contributed by atoms with Gasteiger partial charge in [0.1, 0.15) is 0 Å². The second-order valence-corrected chi connectivity index (χ2v) is 5.78. The highest BCUT2D eigenvalue weighted by Crippen LogP contribution is 2.19. The molecule has 1 fully saturated rings. The van der Waals surface area contributed by atoms with Crippen molar-refractivity contribution in [3.05, 3.63) is 30.1 Å². The van der Waals surface area contributed by atoms with Crippen LogP contribution in [-0.4, -0.2) is 30.3 Å². The van der Waals surface area contributed by atoms with E-state index in [0.29, 0.717) is 12.1 Å². The van der Waals surface area contributed by atoms with Gasteiger partial charge >= 0.3 is 0 Å². The Morgan fingerprint density at radius 2 is 2.25 bits per heavy atom. The lowest BCUT2D eigenvalue weighted by atomic mass is 9.99. The van der Waals surface area contributed by atoms with E-state index >= 15 is 0 Å². The van der Waals surface area contributed by atoms with Crippen LogP contribution in [0.3, 0.4) is 0 Å². The quantitative estimate of drug-likeness (QED) is 0.751. The molecule has 2 heterocycles. The SMILES string of the molecule is CCCNC(CCCC1CCCO1)Cc1ccncc1. The van der Waals surface area contributed by atoms with Crippen molar-refractivity contribution >= 4 is 0 Å². The lowest BCUT2D eigenvalue weighted by Gasteiger charge is -2.19. The van der Waals surface area contributed by atoms with E-state index in [9.17, 15) is 0 Å². The van der Waals surface area contributed by atoms with Crippen LogP contribution in [0.1, 0.15) is 51.0 Å². The molecule has 0 aliphatic carbocycles. The first-order valence-electron chi connectivity index (χ1n) is 8.12. The van der Waals surface area contributed by atoms with E-state index in [1.807, 2.05) is 12.4 Å². The molecular formula is C17H28N2O. The van der Waals surface area contributed by atoms with Gasteiger partial charge in [-0.3, -0.25) is 4.98 Å². The summed E-state index contributed by atoms with van der Waals surface area (Å²) in [7, 11) is 0. The predicted octanol–water partition coefficient (Wildman–Crippen LogP) is 3.34. The minimum atomic E-state index is 0.530. The van der Waals surface area contributed by atoms with Crippen molar-refractivity contribution in [2.45, 2.75) is 64.0 Å². The molecule has 3 heteroatoms. The fourth-order valence-corrected chi connectivity index (χ4v) is 2.89. The average molecular weight is 276 g/mol. The average Bonchev–Trinajstić information content (AvgIpc) is 2.99. The molecule has 0 aromatic carbocycles. The van der Waals surface area contributed by atoms with Gasteiger partial charge in [-0.25, -0.2) is 0 Å².